The molecule has 100 valence electrons. The molecular weight excluding hydrogens is 244 g/mol. The third-order valence-corrected chi connectivity index (χ3v) is 3.14. The first-order chi connectivity index (χ1) is 9.11. The van der Waals surface area contributed by atoms with Crippen molar-refractivity contribution in [3.05, 3.63) is 36.4 Å². The second-order valence-electron chi connectivity index (χ2n) is 4.17. The first-order valence-corrected chi connectivity index (χ1v) is 6.09. The predicted octanol–water partition coefficient (Wildman–Crippen LogP) is 1.69. The molecule has 0 aliphatic rings. The normalized spacial score (nSPS) is 11.8. The highest BCUT2D eigenvalue weighted by Gasteiger charge is 2.27. The maximum Gasteiger partial charge on any atom is 0.382 e. The molecule has 0 aliphatic carbocycles. The van der Waals surface area contributed by atoms with E-state index in [9.17, 15) is 9.90 Å². The van der Waals surface area contributed by atoms with Gasteiger partial charge >= 0.3 is 5.97 Å². The van der Waals surface area contributed by atoms with Gasteiger partial charge < -0.3 is 9.84 Å². The molecule has 0 aliphatic heterocycles. The number of nitrogens with zero attached hydrogens (tertiary/aromatic N) is 2. The largest absolute Gasteiger partial charge is 0.511 e. The summed E-state index contributed by atoms with van der Waals surface area (Å²) in [6.07, 6.45) is 0.789. The number of aromatic nitrogens is 2. The van der Waals surface area contributed by atoms with Crippen molar-refractivity contribution in [1.82, 2.24) is 4.57 Å². The number of ether oxygens (including phenoxy) is 1. The van der Waals surface area contributed by atoms with E-state index in [1.54, 1.807) is 11.5 Å². The van der Waals surface area contributed by atoms with Gasteiger partial charge in [0.05, 0.1) is 13.7 Å². The molecule has 0 saturated carbocycles. The second-order valence-corrected chi connectivity index (χ2v) is 4.17. The molecule has 0 bridgehead atoms. The Kier molecular flexibility index (Phi) is 3.55. The molecule has 5 heteroatoms. The van der Waals surface area contributed by atoms with Crippen LogP contribution in [0.5, 0.6) is 0 Å². The van der Waals surface area contributed by atoms with E-state index in [0.29, 0.717) is 0 Å². The van der Waals surface area contributed by atoms with Crippen LogP contribution >= 0.6 is 0 Å². The monoisotopic (exact) mass is 261 g/mol. The van der Waals surface area contributed by atoms with Gasteiger partial charge in [-0.3, -0.25) is 0 Å². The number of aliphatic hydroxyl groups is 1. The Labute approximate surface area is 111 Å². The smallest absolute Gasteiger partial charge is 0.382 e. The zero-order valence-electron chi connectivity index (χ0n) is 11.3. The number of rotatable bonds is 3. The summed E-state index contributed by atoms with van der Waals surface area (Å²) in [4.78, 5) is 11.9. The van der Waals surface area contributed by atoms with Gasteiger partial charge in [-0.15, -0.1) is 0 Å². The first-order valence-electron chi connectivity index (χ1n) is 6.09. The molecule has 1 heterocycles. The molecule has 19 heavy (non-hydrogen) atoms. The molecule has 0 unspecified atom stereocenters. The average Bonchev–Trinajstić information content (AvgIpc) is 2.66. The van der Waals surface area contributed by atoms with Crippen LogP contribution in [-0.2, 0) is 16.6 Å². The van der Waals surface area contributed by atoms with Crippen molar-refractivity contribution in [2.24, 2.45) is 7.05 Å². The summed E-state index contributed by atoms with van der Waals surface area (Å²) in [6.45, 7) is 3.87. The molecule has 1 aromatic carbocycles. The summed E-state index contributed by atoms with van der Waals surface area (Å²) in [5.74, 6) is 0.281. The number of hydrogen-bond acceptors (Lipinski definition) is 3. The van der Waals surface area contributed by atoms with Crippen molar-refractivity contribution in [1.29, 1.82) is 0 Å². The zero-order chi connectivity index (χ0) is 14.0. The summed E-state index contributed by atoms with van der Waals surface area (Å²) in [6, 6.07) is 7.67. The number of esters is 1. The fraction of sp³-hybridized carbons (Fsp3) is 0.286. The molecule has 2 rings (SSSR count). The van der Waals surface area contributed by atoms with Gasteiger partial charge in [0.15, 0.2) is 11.0 Å². The first kappa shape index (κ1) is 13.1. The van der Waals surface area contributed by atoms with Crippen molar-refractivity contribution in [2.45, 2.75) is 13.8 Å². The maximum atomic E-state index is 11.9. The number of fused-ring (bicyclic) bond motifs is 1. The number of aryl methyl sites for hydroxylation is 1. The van der Waals surface area contributed by atoms with E-state index in [-0.39, 0.29) is 12.3 Å². The Morgan fingerprint density at radius 1 is 1.47 bits per heavy atom. The molecule has 5 nitrogen and oxygen atoms in total. The minimum Gasteiger partial charge on any atom is -0.511 e. The topological polar surface area (TPSA) is 55.3 Å². The highest BCUT2D eigenvalue weighted by Crippen LogP contribution is 2.19. The van der Waals surface area contributed by atoms with Crippen molar-refractivity contribution in [3.8, 4) is 0 Å². The lowest BCUT2D eigenvalue weighted by Gasteiger charge is -2.03. The Hall–Kier alpha value is -2.30. The van der Waals surface area contributed by atoms with Crippen molar-refractivity contribution < 1.29 is 19.2 Å². The fourth-order valence-corrected chi connectivity index (χ4v) is 2.15. The van der Waals surface area contributed by atoms with Gasteiger partial charge in [-0.2, -0.15) is 4.57 Å². The van der Waals surface area contributed by atoms with E-state index >= 15 is 0 Å². The molecule has 0 fully saturated rings. The minimum atomic E-state index is -0.547. The van der Waals surface area contributed by atoms with Gasteiger partial charge in [-0.05, 0) is 19.1 Å². The number of aliphatic hydroxyl groups excluding tert-OH is 1. The van der Waals surface area contributed by atoms with E-state index in [1.807, 2.05) is 42.8 Å². The minimum absolute atomic E-state index is 0.108. The molecule has 0 atom stereocenters. The maximum absolute atomic E-state index is 11.9. The summed E-state index contributed by atoms with van der Waals surface area (Å²) in [5.41, 5.74) is 1.93. The van der Waals surface area contributed by atoms with Crippen LogP contribution in [0.4, 0.5) is 0 Å². The number of carbonyl (C=O) groups excluding carboxylic acids is 1. The van der Waals surface area contributed by atoms with Crippen LogP contribution in [0.25, 0.3) is 16.7 Å². The fourth-order valence-electron chi connectivity index (χ4n) is 2.15. The summed E-state index contributed by atoms with van der Waals surface area (Å²) in [5, 5.41) is 9.38. The van der Waals surface area contributed by atoms with Crippen LogP contribution in [0.3, 0.4) is 0 Å². The van der Waals surface area contributed by atoms with Gasteiger partial charge in [0.1, 0.15) is 6.26 Å². The third-order valence-electron chi connectivity index (χ3n) is 3.14. The number of carbonyl (C=O) groups is 1. The van der Waals surface area contributed by atoms with Gasteiger partial charge in [-0.25, -0.2) is 9.36 Å². The molecule has 1 N–H and O–H groups in total. The SMILES string of the molecule is CCOC(=O)/C(=C\O)n1c(C)[n+](C)c2ccccc21. The molecule has 1 aromatic heterocycles. The van der Waals surface area contributed by atoms with E-state index in [4.69, 9.17) is 4.74 Å². The molecule has 2 aromatic rings. The van der Waals surface area contributed by atoms with E-state index in [0.717, 1.165) is 23.1 Å². The average molecular weight is 261 g/mol. The Morgan fingerprint density at radius 3 is 2.79 bits per heavy atom. The third kappa shape index (κ3) is 2.07. The molecule has 0 spiro atoms. The summed E-state index contributed by atoms with van der Waals surface area (Å²) < 4.78 is 8.61. The lowest BCUT2D eigenvalue weighted by atomic mass is 10.3. The predicted molar refractivity (Wildman–Crippen MR) is 71.4 cm³/mol. The number of para-hydroxylation sites is 2. The lowest BCUT2D eigenvalue weighted by molar-refractivity contribution is -0.651. The number of benzene rings is 1. The quantitative estimate of drug-likeness (QED) is 0.396. The Balaban J connectivity index is 2.68. The summed E-state index contributed by atoms with van der Waals surface area (Å²) >= 11 is 0. The Morgan fingerprint density at radius 2 is 2.16 bits per heavy atom. The van der Waals surface area contributed by atoms with Crippen LogP contribution < -0.4 is 4.57 Å². The van der Waals surface area contributed by atoms with Crippen LogP contribution in [0.1, 0.15) is 12.7 Å². The highest BCUT2D eigenvalue weighted by molar-refractivity contribution is 6.11. The zero-order valence-corrected chi connectivity index (χ0v) is 11.3. The molecule has 0 amide bonds. The van der Waals surface area contributed by atoms with Gasteiger partial charge in [0, 0.05) is 6.92 Å². The number of imidazole rings is 1. The van der Waals surface area contributed by atoms with Gasteiger partial charge in [-0.1, -0.05) is 12.1 Å². The van der Waals surface area contributed by atoms with Crippen molar-refractivity contribution >= 4 is 22.7 Å². The van der Waals surface area contributed by atoms with Crippen LogP contribution in [0.15, 0.2) is 30.5 Å². The molecule has 0 radical (unpaired) electrons. The van der Waals surface area contributed by atoms with Crippen LogP contribution in [0, 0.1) is 6.92 Å². The Bertz CT molecular complexity index is 656. The molecule has 0 saturated heterocycles. The standard InChI is InChI=1S/C14H16N2O3/c1-4-19-14(18)13(9-17)16-10(2)15(3)11-7-5-6-8-12(11)16/h5-9H,4H2,1-3H3/p+1. The highest BCUT2D eigenvalue weighted by atomic mass is 16.5. The van der Waals surface area contributed by atoms with E-state index in [2.05, 4.69) is 0 Å². The van der Waals surface area contributed by atoms with E-state index < -0.39 is 5.97 Å². The number of hydrogen-bond donors (Lipinski definition) is 1. The van der Waals surface area contributed by atoms with Crippen LogP contribution in [-0.4, -0.2) is 22.2 Å². The van der Waals surface area contributed by atoms with Crippen LogP contribution in [0.2, 0.25) is 0 Å². The molecular formula is C14H17N2O3+. The van der Waals surface area contributed by atoms with Crippen molar-refractivity contribution in [3.63, 3.8) is 0 Å². The second kappa shape index (κ2) is 5.14. The van der Waals surface area contributed by atoms with Gasteiger partial charge in [0.25, 0.3) is 11.5 Å². The lowest BCUT2D eigenvalue weighted by Crippen LogP contribution is -2.31. The summed E-state index contributed by atoms with van der Waals surface area (Å²) in [7, 11) is 1.91. The van der Waals surface area contributed by atoms with E-state index in [1.165, 1.54) is 0 Å². The van der Waals surface area contributed by atoms with Crippen molar-refractivity contribution in [2.75, 3.05) is 6.61 Å². The van der Waals surface area contributed by atoms with Gasteiger partial charge in [0.2, 0.25) is 0 Å².